The fraction of sp³-hybridized carbons (Fsp3) is 1.00. The third-order valence-electron chi connectivity index (χ3n) is 5.94. The second-order valence-electron chi connectivity index (χ2n) is 13.5. The van der Waals surface area contributed by atoms with E-state index in [0.29, 0.717) is 22.6 Å². The van der Waals surface area contributed by atoms with Crippen LogP contribution in [-0.4, -0.2) is 80.4 Å². The molecule has 34 heavy (non-hydrogen) atoms. The Balaban J connectivity index is -0.000000812. The topological polar surface area (TPSA) is 42.3 Å². The van der Waals surface area contributed by atoms with Crippen LogP contribution >= 0.6 is 11.3 Å². The van der Waals surface area contributed by atoms with Gasteiger partial charge in [0.1, 0.15) is 0 Å². The van der Waals surface area contributed by atoms with Crippen LogP contribution in [0.15, 0.2) is 0 Å². The second kappa shape index (κ2) is 15.4. The molecule has 202 valence electrons. The first-order valence-corrected chi connectivity index (χ1v) is 27.6. The summed E-state index contributed by atoms with van der Waals surface area (Å²) in [5.74, 6) is 0. The maximum absolute atomic E-state index is 5.48. The van der Waals surface area contributed by atoms with Crippen molar-refractivity contribution >= 4 is 58.0 Å². The van der Waals surface area contributed by atoms with Crippen molar-refractivity contribution < 1.29 is 32.7 Å². The first kappa shape index (κ1) is 41.8. The van der Waals surface area contributed by atoms with E-state index in [2.05, 4.69) is 153 Å². The van der Waals surface area contributed by atoms with Crippen LogP contribution in [0, 0.1) is 0 Å². The molecule has 0 aliphatic carbocycles. The van der Waals surface area contributed by atoms with Crippen LogP contribution in [0.3, 0.4) is 0 Å². The molecule has 0 aromatic heterocycles. The third kappa shape index (κ3) is 14.1. The van der Waals surface area contributed by atoms with E-state index in [1.807, 2.05) is 0 Å². The molecule has 0 radical (unpaired) electrons. The average molecular weight is 754 g/mol. The molecule has 0 aliphatic heterocycles. The largest absolute Gasteiger partial charge is 3.00 e. The van der Waals surface area contributed by atoms with E-state index in [1.165, 1.54) is 0 Å². The van der Waals surface area contributed by atoms with Gasteiger partial charge in [0.05, 0.1) is 0 Å². The van der Waals surface area contributed by atoms with Crippen LogP contribution in [0.25, 0.3) is 14.8 Å². The maximum atomic E-state index is 5.48. The molecular formula is C24H58N3P2Se2Si2Y. The zero-order valence-electron chi connectivity index (χ0n) is 25.9. The van der Waals surface area contributed by atoms with E-state index in [1.54, 1.807) is 0 Å². The summed E-state index contributed by atoms with van der Waals surface area (Å²) in [6, 6.07) is 0. The van der Waals surface area contributed by atoms with E-state index in [4.69, 9.17) is 14.8 Å². The van der Waals surface area contributed by atoms with Crippen molar-refractivity contribution in [3.63, 3.8) is 0 Å². The van der Waals surface area contributed by atoms with Gasteiger partial charge in [-0.3, -0.25) is 0 Å². The zero-order valence-corrected chi connectivity index (χ0v) is 36.0. The number of nitrogens with zero attached hydrogens (tertiary/aromatic N) is 3. The monoisotopic (exact) mass is 755 g/mol. The van der Waals surface area contributed by atoms with Crippen LogP contribution in [0.5, 0.6) is 0 Å². The van der Waals surface area contributed by atoms with Crippen LogP contribution in [0.2, 0.25) is 39.3 Å². The Labute approximate surface area is 259 Å². The van der Waals surface area contributed by atoms with Gasteiger partial charge in [-0.1, -0.05) is 55.8 Å². The van der Waals surface area contributed by atoms with Crippen LogP contribution in [0.4, 0.5) is 0 Å². The fourth-order valence-corrected chi connectivity index (χ4v) is 19.7. The Morgan fingerprint density at radius 3 is 0.794 bits per heavy atom. The van der Waals surface area contributed by atoms with E-state index < -0.39 is 27.8 Å². The maximum Gasteiger partial charge on any atom is 3.00 e. The summed E-state index contributed by atoms with van der Waals surface area (Å²) >= 11 is 7.06. The smallest absolute Gasteiger partial charge is 0.668 e. The van der Waals surface area contributed by atoms with Crippen LogP contribution in [0.1, 0.15) is 83.1 Å². The standard InChI is InChI=1S/C18H40N2P2Se2.C6H18NSi2.Y/c1-13(2)21(23,14(3)4)19-17(9,10)18(11,12)20-22(24,15(5)6)16(7)8;1-8(2,3)7-9(4,5)6;/h13-16H,1-12H3;1-6H3;/q-2;-1;+3. The second-order valence-corrected chi connectivity index (χ2v) is 37.7. The van der Waals surface area contributed by atoms with Gasteiger partial charge in [0.2, 0.25) is 0 Å². The molecule has 0 atom stereocenters. The Morgan fingerprint density at radius 1 is 0.529 bits per heavy atom. The summed E-state index contributed by atoms with van der Waals surface area (Å²) in [4.78, 5) is 0. The normalized spacial score (nSPS) is 14.4. The molecule has 0 saturated heterocycles. The molecule has 10 heteroatoms. The van der Waals surface area contributed by atoms with Crippen LogP contribution < -0.4 is 0 Å². The molecule has 0 bridgehead atoms. The van der Waals surface area contributed by atoms with E-state index in [9.17, 15) is 0 Å². The van der Waals surface area contributed by atoms with Crippen molar-refractivity contribution in [2.45, 2.75) is 156 Å². The number of rotatable bonds is 11. The van der Waals surface area contributed by atoms with Crippen molar-refractivity contribution in [1.82, 2.24) is 0 Å². The van der Waals surface area contributed by atoms with Crippen molar-refractivity contribution in [2.75, 3.05) is 0 Å². The zero-order chi connectivity index (χ0) is 27.4. The van der Waals surface area contributed by atoms with Crippen molar-refractivity contribution in [3.8, 4) is 0 Å². The van der Waals surface area contributed by atoms with E-state index >= 15 is 0 Å². The SMILES string of the molecule is CC(C)P(=[Se])([N-]C(C)(C)C(C)(C)[N-]P(=[Se])(C(C)C)C(C)C)C(C)C.C[Si](C)(C)[N-][Si](C)(C)C.[Y+3]. The molecule has 0 fully saturated rings. The molecular weight excluding hydrogens is 695 g/mol. The van der Waals surface area contributed by atoms with Gasteiger partial charge in [-0.2, -0.15) is 0 Å². The van der Waals surface area contributed by atoms with Crippen LogP contribution in [-0.2, 0) is 32.7 Å². The molecule has 0 saturated carbocycles. The molecule has 0 aromatic rings. The van der Waals surface area contributed by atoms with Crippen molar-refractivity contribution in [3.05, 3.63) is 14.8 Å². The minimum atomic E-state index is -1.50. The summed E-state index contributed by atoms with van der Waals surface area (Å²) in [5.41, 5.74) is -1.13. The molecule has 0 heterocycles. The summed E-state index contributed by atoms with van der Waals surface area (Å²) < 4.78 is 4.82. The molecule has 0 unspecified atom stereocenters. The minimum Gasteiger partial charge on any atom is -0.668 e. The summed E-state index contributed by atoms with van der Waals surface area (Å²) in [5, 5.41) is 11.0. The van der Waals surface area contributed by atoms with Gasteiger partial charge in [-0.15, -0.1) is 0 Å². The Bertz CT molecular complexity index is 617. The Kier molecular flexibility index (Phi) is 18.9. The van der Waals surface area contributed by atoms with Crippen molar-refractivity contribution in [2.24, 2.45) is 0 Å². The van der Waals surface area contributed by atoms with Gasteiger partial charge in [-0.05, 0) is 0 Å². The first-order valence-electron chi connectivity index (χ1n) is 12.6. The predicted octanol–water partition coefficient (Wildman–Crippen LogP) is 9.98. The third-order valence-corrected chi connectivity index (χ3v) is 30.5. The molecule has 0 amide bonds. The number of hydrogen-bond acceptors (Lipinski definition) is 0. The van der Waals surface area contributed by atoms with Gasteiger partial charge in [0, 0.05) is 0 Å². The predicted molar refractivity (Wildman–Crippen MR) is 171 cm³/mol. The van der Waals surface area contributed by atoms with Gasteiger partial charge in [0.25, 0.3) is 0 Å². The molecule has 0 spiro atoms. The molecule has 0 aliphatic rings. The molecule has 0 rings (SSSR count). The van der Waals surface area contributed by atoms with Crippen molar-refractivity contribution in [1.29, 1.82) is 0 Å². The van der Waals surface area contributed by atoms with E-state index in [0.717, 1.165) is 0 Å². The molecule has 0 N–H and O–H groups in total. The van der Waals surface area contributed by atoms with E-state index in [-0.39, 0.29) is 43.8 Å². The van der Waals surface area contributed by atoms with Gasteiger partial charge < -0.3 is 4.65 Å². The van der Waals surface area contributed by atoms with Gasteiger partial charge in [0.15, 0.2) is 0 Å². The van der Waals surface area contributed by atoms with Gasteiger partial charge >= 0.3 is 201 Å². The minimum absolute atomic E-state index is 0. The Hall–Kier alpha value is 3.32. The molecule has 3 nitrogen and oxygen atoms in total. The summed E-state index contributed by atoms with van der Waals surface area (Å²) in [6.07, 6.45) is 0. The Morgan fingerprint density at radius 2 is 0.706 bits per heavy atom. The quantitative estimate of drug-likeness (QED) is 0.149. The fourth-order valence-electron chi connectivity index (χ4n) is 3.69. The summed E-state index contributed by atoms with van der Waals surface area (Å²) in [6.45, 7) is 41.3. The number of hydrogen-bond donors (Lipinski definition) is 0. The first-order chi connectivity index (χ1) is 14.1. The van der Waals surface area contributed by atoms with Gasteiger partial charge in [-0.25, -0.2) is 0 Å². The average Bonchev–Trinajstić information content (AvgIpc) is 2.49. The molecule has 0 aromatic carbocycles. The summed E-state index contributed by atoms with van der Waals surface area (Å²) in [7, 11) is -2.21.